The number of guanidine groups is 1. The summed E-state index contributed by atoms with van der Waals surface area (Å²) in [5.74, 6) is 0.592. The number of carbonyl (C=O) groups is 1. The quantitative estimate of drug-likeness (QED) is 0.297. The molecule has 5 nitrogen and oxygen atoms in total. The van der Waals surface area contributed by atoms with Crippen LogP contribution in [0.25, 0.3) is 0 Å². The second-order valence-corrected chi connectivity index (χ2v) is 7.67. The number of nitrogens with zero attached hydrogens (tertiary/aromatic N) is 1. The van der Waals surface area contributed by atoms with Crippen molar-refractivity contribution in [3.8, 4) is 0 Å². The maximum Gasteiger partial charge on any atom is 0.239 e. The highest BCUT2D eigenvalue weighted by molar-refractivity contribution is 14.0. The summed E-state index contributed by atoms with van der Waals surface area (Å²) in [6.45, 7) is 5.95. The third-order valence-corrected chi connectivity index (χ3v) is 5.34. The van der Waals surface area contributed by atoms with Crippen LogP contribution in [0.4, 0.5) is 0 Å². The molecule has 0 bridgehead atoms. The molecule has 1 amide bonds. The molecular formula is C20H29IN4OS. The van der Waals surface area contributed by atoms with Crippen LogP contribution in [-0.4, -0.2) is 38.5 Å². The number of carbonyl (C=O) groups excluding carboxylic acids is 1. The molecule has 0 aliphatic rings. The molecule has 1 heterocycles. The Morgan fingerprint density at radius 3 is 2.44 bits per heavy atom. The average Bonchev–Trinajstić information content (AvgIpc) is 3.18. The van der Waals surface area contributed by atoms with Crippen LogP contribution in [0.1, 0.15) is 24.3 Å². The van der Waals surface area contributed by atoms with E-state index in [2.05, 4.69) is 64.4 Å². The van der Waals surface area contributed by atoms with Crippen molar-refractivity contribution < 1.29 is 4.79 Å². The second-order valence-electron chi connectivity index (χ2n) is 6.73. The number of benzene rings is 1. The van der Waals surface area contributed by atoms with Gasteiger partial charge in [0.05, 0.1) is 6.54 Å². The molecule has 0 saturated carbocycles. The van der Waals surface area contributed by atoms with Gasteiger partial charge in [-0.3, -0.25) is 9.79 Å². The van der Waals surface area contributed by atoms with Crippen molar-refractivity contribution in [2.24, 2.45) is 4.99 Å². The lowest BCUT2D eigenvalue weighted by Gasteiger charge is -2.25. The first-order valence-electron chi connectivity index (χ1n) is 8.80. The van der Waals surface area contributed by atoms with E-state index >= 15 is 0 Å². The molecule has 1 aromatic carbocycles. The number of hydrogen-bond donors (Lipinski definition) is 3. The molecule has 0 aliphatic carbocycles. The Kier molecular flexibility index (Phi) is 10.4. The first-order chi connectivity index (χ1) is 12.5. The van der Waals surface area contributed by atoms with Gasteiger partial charge in [0.2, 0.25) is 5.91 Å². The Bertz CT molecular complexity index is 702. The first-order valence-corrected chi connectivity index (χ1v) is 9.68. The smallest absolute Gasteiger partial charge is 0.239 e. The summed E-state index contributed by atoms with van der Waals surface area (Å²) in [7, 11) is 1.71. The van der Waals surface area contributed by atoms with Crippen molar-refractivity contribution in [3.63, 3.8) is 0 Å². The van der Waals surface area contributed by atoms with Gasteiger partial charge < -0.3 is 16.0 Å². The topological polar surface area (TPSA) is 65.5 Å². The summed E-state index contributed by atoms with van der Waals surface area (Å²) in [4.78, 5) is 17.5. The minimum atomic E-state index is -0.0404. The number of amides is 1. The Balaban J connectivity index is 0.00000364. The van der Waals surface area contributed by atoms with E-state index in [0.29, 0.717) is 12.5 Å². The molecular weight excluding hydrogens is 471 g/mol. The standard InChI is InChI=1S/C20H28N4OS.HI/c1-20(2,17-10-7-13-26-17)15-24-19(21-3)23-14-18(25)22-12-11-16-8-5-4-6-9-16;/h4-10,13H,11-12,14-15H2,1-3H3,(H,22,25)(H2,21,23,24);1H. The fourth-order valence-electron chi connectivity index (χ4n) is 2.49. The first kappa shape index (κ1) is 23.4. The van der Waals surface area contributed by atoms with Crippen LogP contribution in [0.15, 0.2) is 52.8 Å². The van der Waals surface area contributed by atoms with Gasteiger partial charge in [0.25, 0.3) is 0 Å². The Morgan fingerprint density at radius 2 is 1.81 bits per heavy atom. The molecule has 0 radical (unpaired) electrons. The molecule has 7 heteroatoms. The fraction of sp³-hybridized carbons (Fsp3) is 0.400. The molecule has 0 atom stereocenters. The van der Waals surface area contributed by atoms with Crippen molar-refractivity contribution in [1.82, 2.24) is 16.0 Å². The lowest BCUT2D eigenvalue weighted by atomic mass is 9.91. The summed E-state index contributed by atoms with van der Waals surface area (Å²) < 4.78 is 0. The van der Waals surface area contributed by atoms with Gasteiger partial charge in [-0.1, -0.05) is 50.2 Å². The van der Waals surface area contributed by atoms with E-state index in [1.54, 1.807) is 18.4 Å². The third kappa shape index (κ3) is 8.30. The molecule has 0 unspecified atom stereocenters. The Hall–Kier alpha value is -1.61. The predicted octanol–water partition coefficient (Wildman–Crippen LogP) is 3.17. The van der Waals surface area contributed by atoms with E-state index in [9.17, 15) is 4.79 Å². The minimum Gasteiger partial charge on any atom is -0.356 e. The van der Waals surface area contributed by atoms with E-state index in [1.807, 2.05) is 18.2 Å². The van der Waals surface area contributed by atoms with E-state index in [0.717, 1.165) is 13.0 Å². The van der Waals surface area contributed by atoms with Gasteiger partial charge in [0.15, 0.2) is 5.96 Å². The number of nitrogens with one attached hydrogen (secondary N) is 3. The molecule has 2 rings (SSSR count). The SMILES string of the molecule is CN=C(NCC(=O)NCCc1ccccc1)NCC(C)(C)c1cccs1.I. The highest BCUT2D eigenvalue weighted by Crippen LogP contribution is 2.26. The number of hydrogen-bond acceptors (Lipinski definition) is 3. The second kappa shape index (κ2) is 12.0. The van der Waals surface area contributed by atoms with Gasteiger partial charge in [0, 0.05) is 30.4 Å². The van der Waals surface area contributed by atoms with Crippen molar-refractivity contribution >= 4 is 47.2 Å². The molecule has 3 N–H and O–H groups in total. The van der Waals surface area contributed by atoms with Crippen LogP contribution >= 0.6 is 35.3 Å². The molecule has 148 valence electrons. The van der Waals surface area contributed by atoms with Crippen LogP contribution in [0.5, 0.6) is 0 Å². The predicted molar refractivity (Wildman–Crippen MR) is 125 cm³/mol. The Morgan fingerprint density at radius 1 is 1.07 bits per heavy atom. The molecule has 0 fully saturated rings. The van der Waals surface area contributed by atoms with Crippen molar-refractivity contribution in [3.05, 3.63) is 58.3 Å². The van der Waals surface area contributed by atoms with Gasteiger partial charge in [-0.15, -0.1) is 35.3 Å². The third-order valence-electron chi connectivity index (χ3n) is 4.10. The van der Waals surface area contributed by atoms with Crippen LogP contribution in [0.2, 0.25) is 0 Å². The van der Waals surface area contributed by atoms with Gasteiger partial charge in [-0.05, 0) is 23.4 Å². The number of aliphatic imine (C=N–C) groups is 1. The zero-order valence-electron chi connectivity index (χ0n) is 16.1. The maximum absolute atomic E-state index is 12.0. The number of thiophene rings is 1. The van der Waals surface area contributed by atoms with E-state index in [-0.39, 0.29) is 41.8 Å². The molecule has 0 spiro atoms. The van der Waals surface area contributed by atoms with Crippen molar-refractivity contribution in [1.29, 1.82) is 0 Å². The molecule has 27 heavy (non-hydrogen) atoms. The van der Waals surface area contributed by atoms with Crippen LogP contribution in [-0.2, 0) is 16.6 Å². The highest BCUT2D eigenvalue weighted by atomic mass is 127. The van der Waals surface area contributed by atoms with Crippen LogP contribution in [0, 0.1) is 0 Å². The molecule has 0 saturated heterocycles. The van der Waals surface area contributed by atoms with Gasteiger partial charge in [-0.2, -0.15) is 0 Å². The summed E-state index contributed by atoms with van der Waals surface area (Å²) >= 11 is 1.75. The zero-order chi connectivity index (χ0) is 18.8. The Labute approximate surface area is 183 Å². The van der Waals surface area contributed by atoms with Gasteiger partial charge in [0.1, 0.15) is 0 Å². The van der Waals surface area contributed by atoms with Crippen molar-refractivity contribution in [2.45, 2.75) is 25.7 Å². The van der Waals surface area contributed by atoms with Crippen LogP contribution in [0.3, 0.4) is 0 Å². The summed E-state index contributed by atoms with van der Waals surface area (Å²) in [6, 6.07) is 14.3. The number of rotatable bonds is 8. The number of halogens is 1. The van der Waals surface area contributed by atoms with Gasteiger partial charge in [-0.25, -0.2) is 0 Å². The normalized spacial score (nSPS) is 11.4. The maximum atomic E-state index is 12.0. The van der Waals surface area contributed by atoms with Gasteiger partial charge >= 0.3 is 0 Å². The largest absolute Gasteiger partial charge is 0.356 e. The summed E-state index contributed by atoms with van der Waals surface area (Å²) in [6.07, 6.45) is 0.828. The lowest BCUT2D eigenvalue weighted by Crippen LogP contribution is -2.46. The van der Waals surface area contributed by atoms with Crippen LogP contribution < -0.4 is 16.0 Å². The molecule has 0 aliphatic heterocycles. The fourth-order valence-corrected chi connectivity index (χ4v) is 3.35. The highest BCUT2D eigenvalue weighted by Gasteiger charge is 2.21. The molecule has 1 aromatic heterocycles. The van der Waals surface area contributed by atoms with Crippen molar-refractivity contribution in [2.75, 3.05) is 26.7 Å². The monoisotopic (exact) mass is 500 g/mol. The lowest BCUT2D eigenvalue weighted by molar-refractivity contribution is -0.119. The summed E-state index contributed by atoms with van der Waals surface area (Å²) in [5.41, 5.74) is 1.22. The van der Waals surface area contributed by atoms with E-state index < -0.39 is 0 Å². The summed E-state index contributed by atoms with van der Waals surface area (Å²) in [5, 5.41) is 11.4. The van der Waals surface area contributed by atoms with E-state index in [1.165, 1.54) is 10.4 Å². The zero-order valence-corrected chi connectivity index (χ0v) is 19.3. The van der Waals surface area contributed by atoms with E-state index in [4.69, 9.17) is 0 Å². The minimum absolute atomic E-state index is 0. The average molecular weight is 500 g/mol. The molecule has 2 aromatic rings.